The number of hydrogen-bond acceptors (Lipinski definition) is 4. The minimum atomic E-state index is -1.26. The minimum Gasteiger partial charge on any atom is -0.478 e. The second kappa shape index (κ2) is 11.0. The van der Waals surface area contributed by atoms with E-state index in [9.17, 15) is 14.0 Å². The van der Waals surface area contributed by atoms with Gasteiger partial charge in [0.15, 0.2) is 0 Å². The third-order valence-corrected chi connectivity index (χ3v) is 4.03. The Hall–Kier alpha value is -3.03. The van der Waals surface area contributed by atoms with Crippen LogP contribution in [0.5, 0.6) is 0 Å². The van der Waals surface area contributed by atoms with Gasteiger partial charge >= 0.3 is 11.9 Å². The Morgan fingerprint density at radius 3 is 2.29 bits per heavy atom. The van der Waals surface area contributed by atoms with Crippen LogP contribution in [-0.4, -0.2) is 41.3 Å². The second-order valence-corrected chi connectivity index (χ2v) is 6.10. The Balaban J connectivity index is 0.000000300. The summed E-state index contributed by atoms with van der Waals surface area (Å²) in [5.41, 5.74) is 3.28. The summed E-state index contributed by atoms with van der Waals surface area (Å²) < 4.78 is 19.0. The molecule has 0 saturated carbocycles. The molecule has 0 aliphatic carbocycles. The molecule has 0 bridgehead atoms. The minimum absolute atomic E-state index is 0.209. The summed E-state index contributed by atoms with van der Waals surface area (Å²) in [5.74, 6) is -2.72. The first kappa shape index (κ1) is 21.3. The van der Waals surface area contributed by atoms with Gasteiger partial charge in [-0.15, -0.1) is 0 Å². The Morgan fingerprint density at radius 1 is 1.07 bits per heavy atom. The molecular weight excluding hydrogens is 365 g/mol. The van der Waals surface area contributed by atoms with E-state index in [2.05, 4.69) is 17.4 Å². The third kappa shape index (κ3) is 7.30. The zero-order valence-electron chi connectivity index (χ0n) is 15.2. The van der Waals surface area contributed by atoms with Crippen molar-refractivity contribution in [3.8, 4) is 11.1 Å². The quantitative estimate of drug-likeness (QED) is 0.660. The number of ether oxygens (including phenoxy) is 1. The average Bonchev–Trinajstić information content (AvgIpc) is 3.20. The highest BCUT2D eigenvalue weighted by molar-refractivity contribution is 5.89. The van der Waals surface area contributed by atoms with E-state index >= 15 is 0 Å². The van der Waals surface area contributed by atoms with Crippen LogP contribution in [0.3, 0.4) is 0 Å². The highest BCUT2D eigenvalue weighted by atomic mass is 19.1. The number of rotatable bonds is 6. The molecule has 1 heterocycles. The second-order valence-electron chi connectivity index (χ2n) is 6.10. The first-order valence-corrected chi connectivity index (χ1v) is 8.76. The molecule has 28 heavy (non-hydrogen) atoms. The summed E-state index contributed by atoms with van der Waals surface area (Å²) in [4.78, 5) is 19.1. The van der Waals surface area contributed by atoms with Crippen molar-refractivity contribution in [2.75, 3.05) is 13.1 Å². The molecule has 1 aliphatic heterocycles. The van der Waals surface area contributed by atoms with E-state index in [0.29, 0.717) is 24.9 Å². The van der Waals surface area contributed by atoms with E-state index in [1.54, 1.807) is 0 Å². The smallest absolute Gasteiger partial charge is 0.328 e. The van der Waals surface area contributed by atoms with Crippen LogP contribution >= 0.6 is 0 Å². The molecule has 0 aromatic heterocycles. The number of nitrogens with one attached hydrogen (secondary N) is 1. The van der Waals surface area contributed by atoms with Gasteiger partial charge in [0.25, 0.3) is 0 Å². The van der Waals surface area contributed by atoms with Crippen LogP contribution in [0.1, 0.15) is 12.0 Å². The van der Waals surface area contributed by atoms with Crippen LogP contribution in [0.4, 0.5) is 4.39 Å². The maximum atomic E-state index is 13.0. The summed E-state index contributed by atoms with van der Waals surface area (Å²) in [6, 6.07) is 14.7. The molecule has 0 radical (unpaired) electrons. The Labute approximate surface area is 162 Å². The summed E-state index contributed by atoms with van der Waals surface area (Å²) >= 11 is 0. The molecule has 6 nitrogen and oxygen atoms in total. The van der Waals surface area contributed by atoms with Gasteiger partial charge in [-0.3, -0.25) is 0 Å². The van der Waals surface area contributed by atoms with Crippen molar-refractivity contribution in [1.29, 1.82) is 0 Å². The van der Waals surface area contributed by atoms with Crippen LogP contribution in [-0.2, 0) is 20.9 Å². The summed E-state index contributed by atoms with van der Waals surface area (Å²) in [6.45, 7) is 2.56. The fraction of sp³-hybridized carbons (Fsp3) is 0.238. The standard InChI is InChI=1S/C17H18FNO.C4H4O4/c18-15-7-5-13(6-8-15)17-4-2-1-3-14(17)12-20-16-9-10-19-11-16;5-3(6)1-2-4(7)8/h1-8,16,19H,9-12H2;1-2H,(H,5,6)(H,7,8). The van der Waals surface area contributed by atoms with Crippen molar-refractivity contribution in [2.45, 2.75) is 19.1 Å². The number of hydrogen-bond donors (Lipinski definition) is 3. The zero-order chi connectivity index (χ0) is 20.4. The molecule has 2 aromatic rings. The van der Waals surface area contributed by atoms with Crippen LogP contribution in [0.25, 0.3) is 11.1 Å². The monoisotopic (exact) mass is 387 g/mol. The molecule has 2 aromatic carbocycles. The maximum Gasteiger partial charge on any atom is 0.328 e. The molecule has 0 spiro atoms. The molecule has 148 valence electrons. The lowest BCUT2D eigenvalue weighted by Crippen LogP contribution is -2.16. The van der Waals surface area contributed by atoms with Crippen molar-refractivity contribution in [3.63, 3.8) is 0 Å². The molecule has 1 fully saturated rings. The van der Waals surface area contributed by atoms with Gasteiger partial charge in [0.2, 0.25) is 0 Å². The van der Waals surface area contributed by atoms with Crippen molar-refractivity contribution in [2.24, 2.45) is 0 Å². The van der Waals surface area contributed by atoms with Gasteiger partial charge in [-0.2, -0.15) is 0 Å². The van der Waals surface area contributed by atoms with Gasteiger partial charge in [0, 0.05) is 18.7 Å². The fourth-order valence-electron chi connectivity index (χ4n) is 2.68. The number of halogens is 1. The van der Waals surface area contributed by atoms with Crippen LogP contribution in [0.2, 0.25) is 0 Å². The molecule has 7 heteroatoms. The fourth-order valence-corrected chi connectivity index (χ4v) is 2.68. The van der Waals surface area contributed by atoms with Crippen LogP contribution < -0.4 is 5.32 Å². The molecule has 0 amide bonds. The lowest BCUT2D eigenvalue weighted by atomic mass is 10.0. The molecule has 1 atom stereocenters. The number of carbonyl (C=O) groups is 2. The summed E-state index contributed by atoms with van der Waals surface area (Å²) in [7, 11) is 0. The highest BCUT2D eigenvalue weighted by Crippen LogP contribution is 2.25. The van der Waals surface area contributed by atoms with E-state index in [4.69, 9.17) is 14.9 Å². The predicted molar refractivity (Wildman–Crippen MR) is 102 cm³/mol. The summed E-state index contributed by atoms with van der Waals surface area (Å²) in [5, 5.41) is 18.9. The number of carboxylic acid groups (broad SMARTS) is 2. The van der Waals surface area contributed by atoms with Crippen molar-refractivity contribution >= 4 is 11.9 Å². The van der Waals surface area contributed by atoms with Gasteiger partial charge in [-0.25, -0.2) is 14.0 Å². The van der Waals surface area contributed by atoms with E-state index in [0.717, 1.165) is 36.2 Å². The molecule has 3 N–H and O–H groups in total. The Bertz CT molecular complexity index is 798. The third-order valence-electron chi connectivity index (χ3n) is 4.03. The zero-order valence-corrected chi connectivity index (χ0v) is 15.2. The van der Waals surface area contributed by atoms with Gasteiger partial charge in [0.05, 0.1) is 12.7 Å². The molecule has 1 aliphatic rings. The largest absolute Gasteiger partial charge is 0.478 e. The van der Waals surface area contributed by atoms with Gasteiger partial charge < -0.3 is 20.3 Å². The van der Waals surface area contributed by atoms with Crippen molar-refractivity contribution in [1.82, 2.24) is 5.32 Å². The van der Waals surface area contributed by atoms with E-state index < -0.39 is 11.9 Å². The van der Waals surface area contributed by atoms with Crippen LogP contribution in [0, 0.1) is 5.82 Å². The molecule has 3 rings (SSSR count). The molecule has 1 unspecified atom stereocenters. The SMILES string of the molecule is Fc1ccc(-c2ccccc2COC2CCNC2)cc1.O=C(O)C=CC(=O)O. The number of benzene rings is 2. The Morgan fingerprint density at radius 2 is 1.71 bits per heavy atom. The first-order chi connectivity index (χ1) is 13.5. The average molecular weight is 387 g/mol. The topological polar surface area (TPSA) is 95.9 Å². The predicted octanol–water partition coefficient (Wildman–Crippen LogP) is 3.08. The summed E-state index contributed by atoms with van der Waals surface area (Å²) in [6.07, 6.45) is 2.49. The van der Waals surface area contributed by atoms with Crippen molar-refractivity contribution < 1.29 is 28.9 Å². The lowest BCUT2D eigenvalue weighted by molar-refractivity contribution is -0.134. The van der Waals surface area contributed by atoms with Gasteiger partial charge in [-0.05, 0) is 41.8 Å². The first-order valence-electron chi connectivity index (χ1n) is 8.76. The van der Waals surface area contributed by atoms with Crippen LogP contribution in [0.15, 0.2) is 60.7 Å². The maximum absolute atomic E-state index is 13.0. The van der Waals surface area contributed by atoms with Gasteiger partial charge in [-0.1, -0.05) is 36.4 Å². The lowest BCUT2D eigenvalue weighted by Gasteiger charge is -2.14. The number of aliphatic carboxylic acids is 2. The normalized spacial score (nSPS) is 15.8. The molecule has 1 saturated heterocycles. The Kier molecular flexibility index (Phi) is 8.33. The molecular formula is C21H22FNO5. The highest BCUT2D eigenvalue weighted by Gasteiger charge is 2.15. The van der Waals surface area contributed by atoms with E-state index in [-0.39, 0.29) is 5.82 Å². The van der Waals surface area contributed by atoms with Crippen molar-refractivity contribution in [3.05, 3.63) is 72.1 Å². The number of carboxylic acids is 2. The van der Waals surface area contributed by atoms with E-state index in [1.807, 2.05) is 24.3 Å². The van der Waals surface area contributed by atoms with E-state index in [1.165, 1.54) is 12.1 Å². The van der Waals surface area contributed by atoms with Gasteiger partial charge in [0.1, 0.15) is 5.82 Å².